The Labute approximate surface area is 74.6 Å². The van der Waals surface area contributed by atoms with Crippen molar-refractivity contribution in [2.75, 3.05) is 6.61 Å². The van der Waals surface area contributed by atoms with Crippen molar-refractivity contribution in [3.8, 4) is 0 Å². The first-order valence-electron chi connectivity index (χ1n) is 3.59. The zero-order valence-electron chi connectivity index (χ0n) is 6.57. The Morgan fingerprint density at radius 1 is 1.46 bits per heavy atom. The second-order valence-electron chi connectivity index (χ2n) is 2.74. The number of aliphatic hydroxyl groups is 2. The molecular formula is C6H9O6P-2. The van der Waals surface area contributed by atoms with Gasteiger partial charge in [-0.3, -0.25) is 0 Å². The van der Waals surface area contributed by atoms with Gasteiger partial charge in [-0.15, -0.1) is 0 Å². The van der Waals surface area contributed by atoms with Crippen molar-refractivity contribution in [3.05, 3.63) is 11.9 Å². The Balaban J connectivity index is 2.56. The molecule has 0 amide bonds. The van der Waals surface area contributed by atoms with E-state index in [0.717, 1.165) is 6.08 Å². The van der Waals surface area contributed by atoms with Gasteiger partial charge in [0.05, 0.1) is 6.61 Å². The van der Waals surface area contributed by atoms with Crippen LogP contribution in [0, 0.1) is 0 Å². The molecular weight excluding hydrogens is 199 g/mol. The van der Waals surface area contributed by atoms with Crippen molar-refractivity contribution in [1.82, 2.24) is 0 Å². The summed E-state index contributed by atoms with van der Waals surface area (Å²) < 4.78 is 14.9. The molecule has 0 spiro atoms. The Morgan fingerprint density at radius 3 is 2.46 bits per heavy atom. The van der Waals surface area contributed by atoms with Gasteiger partial charge >= 0.3 is 0 Å². The van der Waals surface area contributed by atoms with Gasteiger partial charge in [0, 0.05) is 0 Å². The summed E-state index contributed by atoms with van der Waals surface area (Å²) in [5.74, 6) is 0.429. The second kappa shape index (κ2) is 3.88. The van der Waals surface area contributed by atoms with E-state index >= 15 is 0 Å². The Bertz CT molecular complexity index is 246. The zero-order valence-corrected chi connectivity index (χ0v) is 7.46. The van der Waals surface area contributed by atoms with Gasteiger partial charge in [-0.1, -0.05) is 11.9 Å². The molecule has 1 aliphatic rings. The summed E-state index contributed by atoms with van der Waals surface area (Å²) in [7, 11) is -4.72. The lowest BCUT2D eigenvalue weighted by molar-refractivity contribution is -0.308. The second-order valence-corrected chi connectivity index (χ2v) is 4.12. The van der Waals surface area contributed by atoms with Gasteiger partial charge < -0.3 is 29.3 Å². The van der Waals surface area contributed by atoms with E-state index in [2.05, 4.69) is 0 Å². The summed E-state index contributed by atoms with van der Waals surface area (Å²) in [6.07, 6.45) is -2.21. The summed E-state index contributed by atoms with van der Waals surface area (Å²) in [5.41, 5.74) is 0. The maximum Gasteiger partial charge on any atom is 0.112 e. The van der Waals surface area contributed by atoms with Gasteiger partial charge in [-0.25, -0.2) is 0 Å². The number of hydrogen-bond donors (Lipinski definition) is 2. The normalized spacial score (nSPS) is 35.8. The van der Waals surface area contributed by atoms with E-state index in [4.69, 9.17) is 14.9 Å². The van der Waals surface area contributed by atoms with Crippen LogP contribution in [0.25, 0.3) is 0 Å². The smallest absolute Gasteiger partial charge is 0.112 e. The third-order valence-electron chi connectivity index (χ3n) is 1.65. The summed E-state index contributed by atoms with van der Waals surface area (Å²) in [5, 5.41) is 18.1. The predicted molar refractivity (Wildman–Crippen MR) is 38.5 cm³/mol. The minimum atomic E-state index is -4.72. The van der Waals surface area contributed by atoms with Gasteiger partial charge in [0.15, 0.2) is 0 Å². The van der Waals surface area contributed by atoms with E-state index in [9.17, 15) is 14.4 Å². The predicted octanol–water partition coefficient (Wildman–Crippen LogP) is -2.47. The lowest BCUT2D eigenvalue weighted by atomic mass is 10.1. The van der Waals surface area contributed by atoms with E-state index in [-0.39, 0.29) is 6.61 Å². The van der Waals surface area contributed by atoms with Crippen LogP contribution in [-0.2, 0) is 9.30 Å². The van der Waals surface area contributed by atoms with Gasteiger partial charge in [-0.2, -0.15) is 0 Å². The standard InChI is InChI=1S/C6H11O6P/c7-4-3-12-5(6(4)8)1-2-13(9,10)11/h1-2,4-8H,3H2,(H2,9,10,11)/p-2/b2-1-/t4-,5-,6?/m1/s1. The van der Waals surface area contributed by atoms with Crippen LogP contribution in [0.3, 0.4) is 0 Å². The molecule has 0 saturated carbocycles. The number of rotatable bonds is 2. The third kappa shape index (κ3) is 3.19. The van der Waals surface area contributed by atoms with Crippen LogP contribution in [0.5, 0.6) is 0 Å². The van der Waals surface area contributed by atoms with E-state index < -0.39 is 25.9 Å². The molecule has 1 unspecified atom stereocenters. The van der Waals surface area contributed by atoms with Crippen molar-refractivity contribution in [3.63, 3.8) is 0 Å². The Morgan fingerprint density at radius 2 is 2.08 bits per heavy atom. The molecule has 13 heavy (non-hydrogen) atoms. The van der Waals surface area contributed by atoms with Gasteiger partial charge in [-0.05, 0) is 7.60 Å². The molecule has 2 N–H and O–H groups in total. The minimum absolute atomic E-state index is 0.0712. The average Bonchev–Trinajstić information content (AvgIpc) is 2.29. The quantitative estimate of drug-likeness (QED) is 0.486. The maximum absolute atomic E-state index is 10.2. The van der Waals surface area contributed by atoms with E-state index in [1.807, 2.05) is 0 Å². The highest BCUT2D eigenvalue weighted by Crippen LogP contribution is 2.26. The molecule has 1 saturated heterocycles. The molecule has 0 aliphatic carbocycles. The van der Waals surface area contributed by atoms with Crippen molar-refractivity contribution in [2.45, 2.75) is 18.3 Å². The highest BCUT2D eigenvalue weighted by molar-refractivity contribution is 7.52. The van der Waals surface area contributed by atoms with Crippen LogP contribution in [0.1, 0.15) is 0 Å². The summed E-state index contributed by atoms with van der Waals surface area (Å²) in [4.78, 5) is 20.3. The van der Waals surface area contributed by atoms with Crippen molar-refractivity contribution < 1.29 is 29.3 Å². The van der Waals surface area contributed by atoms with Gasteiger partial charge in [0.2, 0.25) is 0 Å². The molecule has 3 atom stereocenters. The lowest BCUT2D eigenvalue weighted by Gasteiger charge is -2.25. The van der Waals surface area contributed by atoms with Crippen LogP contribution in [0.2, 0.25) is 0 Å². The first-order valence-corrected chi connectivity index (χ1v) is 5.20. The molecule has 7 heteroatoms. The average molecular weight is 208 g/mol. The van der Waals surface area contributed by atoms with Crippen LogP contribution < -0.4 is 9.79 Å². The van der Waals surface area contributed by atoms with Crippen LogP contribution in [0.4, 0.5) is 0 Å². The number of aliphatic hydroxyl groups excluding tert-OH is 2. The molecule has 0 bridgehead atoms. The summed E-state index contributed by atoms with van der Waals surface area (Å²) in [6.45, 7) is -0.0712. The fourth-order valence-corrected chi connectivity index (χ4v) is 1.37. The molecule has 1 rings (SSSR count). The maximum atomic E-state index is 10.2. The van der Waals surface area contributed by atoms with Crippen LogP contribution >= 0.6 is 7.60 Å². The molecule has 0 aromatic heterocycles. The molecule has 0 aromatic carbocycles. The molecule has 0 radical (unpaired) electrons. The van der Waals surface area contributed by atoms with Gasteiger partial charge in [0.1, 0.15) is 18.3 Å². The van der Waals surface area contributed by atoms with E-state index in [1.165, 1.54) is 0 Å². The fraction of sp³-hybridized carbons (Fsp3) is 0.667. The molecule has 6 nitrogen and oxygen atoms in total. The molecule has 76 valence electrons. The lowest BCUT2D eigenvalue weighted by Crippen LogP contribution is -2.28. The number of hydrogen-bond acceptors (Lipinski definition) is 6. The monoisotopic (exact) mass is 208 g/mol. The topological polar surface area (TPSA) is 113 Å². The Kier molecular flexibility index (Phi) is 3.23. The first kappa shape index (κ1) is 10.8. The molecule has 0 aromatic rings. The third-order valence-corrected chi connectivity index (χ3v) is 2.19. The van der Waals surface area contributed by atoms with Gasteiger partial charge in [0.25, 0.3) is 0 Å². The van der Waals surface area contributed by atoms with Crippen LogP contribution in [-0.4, -0.2) is 35.1 Å². The SMILES string of the molecule is O=P([O-])([O-])/C=C\[C@H]1OC[C@@H](O)C1O. The highest BCUT2D eigenvalue weighted by atomic mass is 31.2. The Hall–Kier alpha value is -0.230. The minimum Gasteiger partial charge on any atom is -0.808 e. The first-order chi connectivity index (χ1) is 5.90. The largest absolute Gasteiger partial charge is 0.808 e. The zero-order chi connectivity index (χ0) is 10.1. The molecule has 1 fully saturated rings. The molecule has 1 aliphatic heterocycles. The van der Waals surface area contributed by atoms with Crippen molar-refractivity contribution in [2.24, 2.45) is 0 Å². The molecule has 1 heterocycles. The summed E-state index contributed by atoms with van der Waals surface area (Å²) in [6, 6.07) is 0. The number of ether oxygens (including phenoxy) is 1. The fourth-order valence-electron chi connectivity index (χ4n) is 0.985. The van der Waals surface area contributed by atoms with E-state index in [0.29, 0.717) is 5.82 Å². The summed E-state index contributed by atoms with van der Waals surface area (Å²) >= 11 is 0. The highest BCUT2D eigenvalue weighted by Gasteiger charge is 2.32. The van der Waals surface area contributed by atoms with Crippen molar-refractivity contribution in [1.29, 1.82) is 0 Å². The van der Waals surface area contributed by atoms with E-state index in [1.54, 1.807) is 0 Å². The van der Waals surface area contributed by atoms with Crippen LogP contribution in [0.15, 0.2) is 11.9 Å². The van der Waals surface area contributed by atoms with Crippen molar-refractivity contribution >= 4 is 7.60 Å².